The molecule has 0 atom stereocenters. The summed E-state index contributed by atoms with van der Waals surface area (Å²) in [5.74, 6) is 0.0952. The molecule has 2 aliphatic carbocycles. The van der Waals surface area contributed by atoms with Gasteiger partial charge in [-0.2, -0.15) is 4.98 Å². The van der Waals surface area contributed by atoms with Crippen LogP contribution in [0.25, 0.3) is 22.2 Å². The molecule has 2 N–H and O–H groups in total. The third kappa shape index (κ3) is 6.97. The average Bonchev–Trinajstić information content (AvgIpc) is 3.12. The molecular weight excluding hydrogens is 653 g/mol. The summed E-state index contributed by atoms with van der Waals surface area (Å²) in [6, 6.07) is 10.8. The average molecular weight is 700 g/mol. The number of carbonyl (C=O) groups excluding carboxylic acids is 1. The molecule has 4 aromatic rings. The highest BCUT2D eigenvalue weighted by Gasteiger charge is 2.30. The standard InChI is InChI=1S/C39H47ClFN7O2/c1-24-22-28(14-17-33(24)47-20-18-46(3)19-21-47)44-39-42-23-31-25(2)34(30-10-7-11-32(41)35(30)40)38(50)48(36(31)45-39)29-15-12-27(13-16-29)43-37(49)26-8-5-4-6-9-26/h7,10-11,14,17,22-23,26-27,29H,4-6,8-9,12-13,15-16,18-21H2,1-3H3,(H,43,49)(H,42,44,45)/t27-,29+. The molecule has 3 aliphatic rings. The minimum Gasteiger partial charge on any atom is -0.369 e. The zero-order valence-electron chi connectivity index (χ0n) is 29.3. The Bertz CT molecular complexity index is 1940. The second kappa shape index (κ2) is 14.7. The van der Waals surface area contributed by atoms with Gasteiger partial charge in [0.2, 0.25) is 11.9 Å². The number of aromatic nitrogens is 3. The van der Waals surface area contributed by atoms with Crippen LogP contribution in [0.2, 0.25) is 5.02 Å². The first-order valence-corrected chi connectivity index (χ1v) is 18.5. The molecule has 9 nitrogen and oxygen atoms in total. The second-order valence-corrected chi connectivity index (χ2v) is 14.9. The van der Waals surface area contributed by atoms with E-state index in [0.29, 0.717) is 46.5 Å². The Morgan fingerprint density at radius 2 is 1.70 bits per heavy atom. The van der Waals surface area contributed by atoms with Gasteiger partial charge in [0.15, 0.2) is 0 Å². The van der Waals surface area contributed by atoms with Crippen LogP contribution in [0.5, 0.6) is 0 Å². The number of amides is 1. The molecule has 1 aliphatic heterocycles. The highest BCUT2D eigenvalue weighted by atomic mass is 35.5. The van der Waals surface area contributed by atoms with Crippen molar-refractivity contribution in [2.45, 2.75) is 83.7 Å². The Morgan fingerprint density at radius 1 is 0.960 bits per heavy atom. The van der Waals surface area contributed by atoms with Crippen LogP contribution in [-0.4, -0.2) is 64.6 Å². The first-order chi connectivity index (χ1) is 24.2. The smallest absolute Gasteiger partial charge is 0.260 e. The summed E-state index contributed by atoms with van der Waals surface area (Å²) in [7, 11) is 2.16. The van der Waals surface area contributed by atoms with Crippen LogP contribution in [0, 0.1) is 25.6 Å². The molecule has 0 bridgehead atoms. The zero-order valence-corrected chi connectivity index (χ0v) is 30.0. The quantitative estimate of drug-likeness (QED) is 0.206. The highest BCUT2D eigenvalue weighted by Crippen LogP contribution is 2.37. The fourth-order valence-electron chi connectivity index (χ4n) is 8.17. The number of nitrogens with one attached hydrogen (secondary N) is 2. The van der Waals surface area contributed by atoms with Gasteiger partial charge >= 0.3 is 0 Å². The molecular formula is C39H47ClFN7O2. The maximum Gasteiger partial charge on any atom is 0.260 e. The molecule has 50 heavy (non-hydrogen) atoms. The first kappa shape index (κ1) is 34.4. The molecule has 2 aromatic carbocycles. The number of piperazine rings is 1. The van der Waals surface area contributed by atoms with Crippen molar-refractivity contribution in [3.63, 3.8) is 0 Å². The lowest BCUT2D eigenvalue weighted by atomic mass is 9.86. The molecule has 3 heterocycles. The lowest BCUT2D eigenvalue weighted by Gasteiger charge is -2.35. The maximum absolute atomic E-state index is 14.7. The molecule has 264 valence electrons. The number of fused-ring (bicyclic) bond motifs is 1. The summed E-state index contributed by atoms with van der Waals surface area (Å²) in [4.78, 5) is 42.0. The monoisotopic (exact) mass is 699 g/mol. The van der Waals surface area contributed by atoms with Gasteiger partial charge in [0.25, 0.3) is 5.56 Å². The molecule has 7 rings (SSSR count). The number of aryl methyl sites for hydroxylation is 2. The third-order valence-corrected chi connectivity index (χ3v) is 11.5. The SMILES string of the molecule is Cc1cc(Nc2ncc3c(C)c(-c4cccc(F)c4Cl)c(=O)n([C@H]4CC[C@@H](NC(=O)C5CCCCC5)CC4)c3n2)ccc1N1CCN(C)CC1. The van der Waals surface area contributed by atoms with Crippen LogP contribution >= 0.6 is 11.6 Å². The predicted octanol–water partition coefficient (Wildman–Crippen LogP) is 7.54. The summed E-state index contributed by atoms with van der Waals surface area (Å²) in [6.45, 7) is 8.02. The highest BCUT2D eigenvalue weighted by molar-refractivity contribution is 6.33. The number of benzene rings is 2. The van der Waals surface area contributed by atoms with Crippen molar-refractivity contribution >= 4 is 45.9 Å². The van der Waals surface area contributed by atoms with Crippen LogP contribution in [0.1, 0.15) is 75.0 Å². The first-order valence-electron chi connectivity index (χ1n) is 18.2. The van der Waals surface area contributed by atoms with Crippen molar-refractivity contribution in [3.8, 4) is 11.1 Å². The summed E-state index contributed by atoms with van der Waals surface area (Å²) in [6.07, 6.45) is 10.0. The van der Waals surface area contributed by atoms with E-state index in [4.69, 9.17) is 16.6 Å². The van der Waals surface area contributed by atoms with E-state index in [-0.39, 0.29) is 34.5 Å². The van der Waals surface area contributed by atoms with E-state index in [2.05, 4.69) is 51.5 Å². The van der Waals surface area contributed by atoms with Gasteiger partial charge < -0.3 is 20.4 Å². The minimum atomic E-state index is -0.575. The van der Waals surface area contributed by atoms with Gasteiger partial charge in [0.05, 0.1) is 10.6 Å². The van der Waals surface area contributed by atoms with Gasteiger partial charge in [-0.1, -0.05) is 43.0 Å². The van der Waals surface area contributed by atoms with E-state index in [0.717, 1.165) is 76.0 Å². The van der Waals surface area contributed by atoms with Crippen molar-refractivity contribution in [1.82, 2.24) is 24.8 Å². The lowest BCUT2D eigenvalue weighted by Crippen LogP contribution is -2.44. The number of hydrogen-bond acceptors (Lipinski definition) is 7. The topological polar surface area (TPSA) is 95.4 Å². The largest absolute Gasteiger partial charge is 0.369 e. The van der Waals surface area contributed by atoms with Crippen LogP contribution in [0.4, 0.5) is 21.7 Å². The summed E-state index contributed by atoms with van der Waals surface area (Å²) in [5.41, 5.74) is 4.89. The van der Waals surface area contributed by atoms with Gasteiger partial charge in [0, 0.05) is 72.7 Å². The Labute approximate surface area is 298 Å². The van der Waals surface area contributed by atoms with Crippen molar-refractivity contribution in [3.05, 3.63) is 74.9 Å². The van der Waals surface area contributed by atoms with Gasteiger partial charge in [-0.05, 0) is 94.8 Å². The normalized spacial score (nSPS) is 20.6. The minimum absolute atomic E-state index is 0.0779. The fraction of sp³-hybridized carbons (Fsp3) is 0.487. The van der Waals surface area contributed by atoms with Crippen molar-refractivity contribution in [1.29, 1.82) is 0 Å². The zero-order chi connectivity index (χ0) is 34.9. The molecule has 2 aromatic heterocycles. The molecule has 1 saturated heterocycles. The Hall–Kier alpha value is -4.02. The summed E-state index contributed by atoms with van der Waals surface area (Å²) in [5, 5.41) is 7.32. The van der Waals surface area contributed by atoms with E-state index in [1.807, 2.05) is 13.0 Å². The number of carbonyl (C=O) groups is 1. The van der Waals surface area contributed by atoms with E-state index in [1.165, 1.54) is 18.2 Å². The van der Waals surface area contributed by atoms with Crippen molar-refractivity contribution in [2.24, 2.45) is 5.92 Å². The van der Waals surface area contributed by atoms with Gasteiger partial charge in [-0.3, -0.25) is 14.2 Å². The van der Waals surface area contributed by atoms with Crippen molar-refractivity contribution < 1.29 is 9.18 Å². The van der Waals surface area contributed by atoms with Gasteiger partial charge in [-0.15, -0.1) is 0 Å². The Morgan fingerprint density at radius 3 is 2.42 bits per heavy atom. The Kier molecular flexibility index (Phi) is 10.1. The number of nitrogens with zero attached hydrogens (tertiary/aromatic N) is 5. The second-order valence-electron chi connectivity index (χ2n) is 14.5. The van der Waals surface area contributed by atoms with Crippen LogP contribution in [-0.2, 0) is 4.79 Å². The van der Waals surface area contributed by atoms with Crippen LogP contribution in [0.15, 0.2) is 47.4 Å². The molecule has 3 fully saturated rings. The summed E-state index contributed by atoms with van der Waals surface area (Å²) < 4.78 is 16.5. The van der Waals surface area contributed by atoms with Crippen LogP contribution in [0.3, 0.4) is 0 Å². The van der Waals surface area contributed by atoms with Crippen molar-refractivity contribution in [2.75, 3.05) is 43.4 Å². The number of likely N-dealkylation sites (N-methyl/N-ethyl adjacent to an activating group) is 1. The van der Waals surface area contributed by atoms with E-state index < -0.39 is 5.82 Å². The van der Waals surface area contributed by atoms with Gasteiger partial charge in [0.1, 0.15) is 11.5 Å². The number of pyridine rings is 1. The summed E-state index contributed by atoms with van der Waals surface area (Å²) >= 11 is 6.48. The van der Waals surface area contributed by atoms with E-state index >= 15 is 0 Å². The molecule has 1 amide bonds. The maximum atomic E-state index is 14.7. The number of anilines is 3. The molecule has 11 heteroatoms. The van der Waals surface area contributed by atoms with Gasteiger partial charge in [-0.25, -0.2) is 9.37 Å². The third-order valence-electron chi connectivity index (χ3n) is 11.1. The fourth-order valence-corrected chi connectivity index (χ4v) is 8.39. The molecule has 0 spiro atoms. The molecule has 0 radical (unpaired) electrons. The number of hydrogen-bond donors (Lipinski definition) is 2. The number of halogens is 2. The van der Waals surface area contributed by atoms with E-state index in [9.17, 15) is 14.0 Å². The van der Waals surface area contributed by atoms with Crippen LogP contribution < -0.4 is 21.1 Å². The Balaban J connectivity index is 1.21. The lowest BCUT2D eigenvalue weighted by molar-refractivity contribution is -0.126. The van der Waals surface area contributed by atoms with E-state index in [1.54, 1.807) is 22.9 Å². The molecule has 0 unspecified atom stereocenters. The predicted molar refractivity (Wildman–Crippen MR) is 199 cm³/mol. The molecule has 2 saturated carbocycles. The number of rotatable bonds is 7.